The lowest BCUT2D eigenvalue weighted by molar-refractivity contribution is -0.116. The highest BCUT2D eigenvalue weighted by Crippen LogP contribution is 2.29. The first-order valence-electron chi connectivity index (χ1n) is 6.28. The summed E-state index contributed by atoms with van der Waals surface area (Å²) in [6, 6.07) is 7.93. The number of hydrogen-bond acceptors (Lipinski definition) is 1. The van der Waals surface area contributed by atoms with Crippen LogP contribution >= 0.6 is 0 Å². The molecule has 0 saturated carbocycles. The third-order valence-corrected chi connectivity index (χ3v) is 2.73. The van der Waals surface area contributed by atoms with E-state index < -0.39 is 0 Å². The van der Waals surface area contributed by atoms with E-state index in [4.69, 9.17) is 6.42 Å². The van der Waals surface area contributed by atoms with Gasteiger partial charge in [-0.15, -0.1) is 12.3 Å². The molecule has 1 aromatic rings. The molecule has 0 aromatic heterocycles. The molecule has 2 heteroatoms. The smallest absolute Gasteiger partial charge is 0.224 e. The Bertz CT molecular complexity index is 449. The van der Waals surface area contributed by atoms with Gasteiger partial charge in [0.1, 0.15) is 0 Å². The normalized spacial score (nSPS) is 10.8. The zero-order valence-corrected chi connectivity index (χ0v) is 11.4. The molecule has 0 aliphatic rings. The largest absolute Gasteiger partial charge is 0.326 e. The van der Waals surface area contributed by atoms with Gasteiger partial charge in [0.15, 0.2) is 0 Å². The van der Waals surface area contributed by atoms with E-state index in [1.54, 1.807) is 0 Å². The molecule has 2 nitrogen and oxygen atoms in total. The van der Waals surface area contributed by atoms with Crippen molar-refractivity contribution in [2.24, 2.45) is 0 Å². The van der Waals surface area contributed by atoms with Crippen LogP contribution in [0.3, 0.4) is 0 Å². The molecule has 0 bridgehead atoms. The average molecular weight is 243 g/mol. The van der Waals surface area contributed by atoms with Crippen molar-refractivity contribution in [3.05, 3.63) is 29.8 Å². The van der Waals surface area contributed by atoms with Crippen LogP contribution in [-0.4, -0.2) is 5.91 Å². The van der Waals surface area contributed by atoms with Crippen molar-refractivity contribution in [3.63, 3.8) is 0 Å². The molecule has 0 radical (unpaired) electrons. The van der Waals surface area contributed by atoms with Crippen LogP contribution in [0.2, 0.25) is 0 Å². The summed E-state index contributed by atoms with van der Waals surface area (Å²) in [6.45, 7) is 6.41. The third kappa shape index (κ3) is 4.25. The second-order valence-corrected chi connectivity index (χ2v) is 5.40. The van der Waals surface area contributed by atoms with Crippen LogP contribution < -0.4 is 5.32 Å². The van der Waals surface area contributed by atoms with Crippen molar-refractivity contribution in [1.29, 1.82) is 0 Å². The summed E-state index contributed by atoms with van der Waals surface area (Å²) in [6.07, 6.45) is 7.02. The van der Waals surface area contributed by atoms with Crippen LogP contribution in [0, 0.1) is 12.3 Å². The van der Waals surface area contributed by atoms with Gasteiger partial charge in [0.2, 0.25) is 5.91 Å². The van der Waals surface area contributed by atoms with Gasteiger partial charge in [-0.05, 0) is 23.5 Å². The van der Waals surface area contributed by atoms with E-state index in [0.29, 0.717) is 12.8 Å². The first-order valence-corrected chi connectivity index (χ1v) is 6.28. The lowest BCUT2D eigenvalue weighted by atomic mass is 9.86. The second-order valence-electron chi connectivity index (χ2n) is 5.40. The first kappa shape index (κ1) is 14.3. The molecule has 1 amide bonds. The zero-order valence-electron chi connectivity index (χ0n) is 11.4. The molecule has 1 aromatic carbocycles. The van der Waals surface area contributed by atoms with Gasteiger partial charge in [-0.2, -0.15) is 0 Å². The number of rotatable bonds is 4. The lowest BCUT2D eigenvalue weighted by Gasteiger charge is -2.23. The van der Waals surface area contributed by atoms with E-state index in [2.05, 4.69) is 38.1 Å². The van der Waals surface area contributed by atoms with Gasteiger partial charge in [-0.3, -0.25) is 4.79 Å². The van der Waals surface area contributed by atoms with E-state index >= 15 is 0 Å². The minimum atomic E-state index is 0.0166. The van der Waals surface area contributed by atoms with Crippen molar-refractivity contribution < 1.29 is 4.79 Å². The molecule has 0 fully saturated rings. The maximum atomic E-state index is 11.8. The molecule has 0 unspecified atom stereocenters. The molecular formula is C16H21NO. The van der Waals surface area contributed by atoms with Gasteiger partial charge in [0, 0.05) is 18.5 Å². The first-order chi connectivity index (χ1) is 8.45. The highest BCUT2D eigenvalue weighted by atomic mass is 16.1. The standard InChI is InChI=1S/C16H21NO/c1-5-6-7-12-15(18)17-14-11-9-8-10-13(14)16(2,3)4/h1,8-11H,6-7,12H2,2-4H3,(H,17,18). The van der Waals surface area contributed by atoms with E-state index in [1.165, 1.54) is 0 Å². The Labute approximate surface area is 110 Å². The molecule has 0 spiro atoms. The van der Waals surface area contributed by atoms with Gasteiger partial charge in [0.25, 0.3) is 0 Å². The van der Waals surface area contributed by atoms with Gasteiger partial charge in [-0.1, -0.05) is 39.0 Å². The van der Waals surface area contributed by atoms with Crippen molar-refractivity contribution in [2.75, 3.05) is 5.32 Å². The summed E-state index contributed by atoms with van der Waals surface area (Å²) >= 11 is 0. The van der Waals surface area contributed by atoms with Crippen LogP contribution in [0.1, 0.15) is 45.6 Å². The molecule has 0 heterocycles. The fourth-order valence-corrected chi connectivity index (χ4v) is 1.81. The van der Waals surface area contributed by atoms with Crippen molar-refractivity contribution in [2.45, 2.75) is 45.4 Å². The molecule has 0 aliphatic carbocycles. The highest BCUT2D eigenvalue weighted by molar-refractivity contribution is 5.91. The molecule has 0 atom stereocenters. The molecule has 0 aliphatic heterocycles. The fraction of sp³-hybridized carbons (Fsp3) is 0.438. The summed E-state index contributed by atoms with van der Waals surface area (Å²) in [5.41, 5.74) is 2.06. The monoisotopic (exact) mass is 243 g/mol. The van der Waals surface area contributed by atoms with Crippen molar-refractivity contribution in [1.82, 2.24) is 0 Å². The number of carbonyl (C=O) groups is 1. The Kier molecular flexibility index (Phi) is 4.97. The molecular weight excluding hydrogens is 222 g/mol. The van der Waals surface area contributed by atoms with Gasteiger partial charge in [-0.25, -0.2) is 0 Å². The van der Waals surface area contributed by atoms with Gasteiger partial charge >= 0.3 is 0 Å². The third-order valence-electron chi connectivity index (χ3n) is 2.73. The van der Waals surface area contributed by atoms with Crippen LogP contribution in [-0.2, 0) is 10.2 Å². The number of nitrogens with one attached hydrogen (secondary N) is 1. The summed E-state index contributed by atoms with van der Waals surface area (Å²) < 4.78 is 0. The summed E-state index contributed by atoms with van der Waals surface area (Å²) in [5.74, 6) is 2.57. The predicted molar refractivity (Wildman–Crippen MR) is 76.5 cm³/mol. The molecule has 96 valence electrons. The van der Waals surface area contributed by atoms with Gasteiger partial charge < -0.3 is 5.32 Å². The minimum Gasteiger partial charge on any atom is -0.326 e. The number of unbranched alkanes of at least 4 members (excludes halogenated alkanes) is 1. The number of terminal acetylenes is 1. The van der Waals surface area contributed by atoms with Crippen molar-refractivity contribution in [3.8, 4) is 12.3 Å². The van der Waals surface area contributed by atoms with Crippen molar-refractivity contribution >= 4 is 11.6 Å². The Morgan fingerprint density at radius 1 is 1.33 bits per heavy atom. The zero-order chi connectivity index (χ0) is 13.6. The average Bonchev–Trinajstić information content (AvgIpc) is 2.28. The number of hydrogen-bond donors (Lipinski definition) is 1. The highest BCUT2D eigenvalue weighted by Gasteiger charge is 2.18. The Morgan fingerprint density at radius 2 is 2.00 bits per heavy atom. The van der Waals surface area contributed by atoms with Crippen LogP contribution in [0.15, 0.2) is 24.3 Å². The molecule has 1 N–H and O–H groups in total. The molecule has 0 saturated heterocycles. The summed E-state index contributed by atoms with van der Waals surface area (Å²) in [7, 11) is 0. The lowest BCUT2D eigenvalue weighted by Crippen LogP contribution is -2.18. The fourth-order valence-electron chi connectivity index (χ4n) is 1.81. The second kappa shape index (κ2) is 6.26. The van der Waals surface area contributed by atoms with Crippen LogP contribution in [0.4, 0.5) is 5.69 Å². The Hall–Kier alpha value is -1.75. The number of anilines is 1. The number of carbonyl (C=O) groups excluding carboxylic acids is 1. The number of amides is 1. The maximum absolute atomic E-state index is 11.8. The predicted octanol–water partition coefficient (Wildman–Crippen LogP) is 3.73. The topological polar surface area (TPSA) is 29.1 Å². The van der Waals surface area contributed by atoms with E-state index in [-0.39, 0.29) is 11.3 Å². The van der Waals surface area contributed by atoms with Crippen LogP contribution in [0.5, 0.6) is 0 Å². The van der Waals surface area contributed by atoms with E-state index in [1.807, 2.05) is 18.2 Å². The number of benzene rings is 1. The Morgan fingerprint density at radius 3 is 2.61 bits per heavy atom. The maximum Gasteiger partial charge on any atom is 0.224 e. The van der Waals surface area contributed by atoms with E-state index in [0.717, 1.165) is 17.7 Å². The molecule has 18 heavy (non-hydrogen) atoms. The van der Waals surface area contributed by atoms with E-state index in [9.17, 15) is 4.79 Å². The number of para-hydroxylation sites is 1. The Balaban J connectivity index is 2.73. The molecule has 1 rings (SSSR count). The quantitative estimate of drug-likeness (QED) is 0.633. The van der Waals surface area contributed by atoms with Crippen LogP contribution in [0.25, 0.3) is 0 Å². The SMILES string of the molecule is C#CCCCC(=O)Nc1ccccc1C(C)(C)C. The minimum absolute atomic E-state index is 0.0166. The summed E-state index contributed by atoms with van der Waals surface area (Å²) in [5, 5.41) is 2.97. The van der Waals surface area contributed by atoms with Gasteiger partial charge in [0.05, 0.1) is 0 Å². The summed E-state index contributed by atoms with van der Waals surface area (Å²) in [4.78, 5) is 11.8.